The largest absolute Gasteiger partial charge is 0.489 e. The van der Waals surface area contributed by atoms with Gasteiger partial charge in [-0.1, -0.05) is 35.9 Å². The Morgan fingerprint density at radius 2 is 1.65 bits per heavy atom. The van der Waals surface area contributed by atoms with Crippen LogP contribution in [0.1, 0.15) is 40.8 Å². The Hall–Kier alpha value is -1.80. The SMILES string of the molecule is Cc1ccc(C)c(COc2cc(C)ccc2[C@@H](C)O)c1. The van der Waals surface area contributed by atoms with Gasteiger partial charge in [-0.3, -0.25) is 0 Å². The van der Waals surface area contributed by atoms with Crippen LogP contribution in [0, 0.1) is 20.8 Å². The maximum atomic E-state index is 9.81. The molecule has 2 aromatic carbocycles. The predicted molar refractivity (Wildman–Crippen MR) is 82.1 cm³/mol. The molecule has 0 saturated carbocycles. The van der Waals surface area contributed by atoms with E-state index in [0.29, 0.717) is 6.61 Å². The molecular weight excluding hydrogens is 248 g/mol. The third-order valence-electron chi connectivity index (χ3n) is 3.51. The average molecular weight is 270 g/mol. The van der Waals surface area contributed by atoms with Crippen LogP contribution >= 0.6 is 0 Å². The van der Waals surface area contributed by atoms with Gasteiger partial charge in [0.25, 0.3) is 0 Å². The minimum Gasteiger partial charge on any atom is -0.489 e. The number of hydrogen-bond acceptors (Lipinski definition) is 2. The van der Waals surface area contributed by atoms with Crippen molar-refractivity contribution in [3.05, 3.63) is 64.2 Å². The summed E-state index contributed by atoms with van der Waals surface area (Å²) in [5.41, 5.74) is 5.60. The van der Waals surface area contributed by atoms with Crippen LogP contribution in [0.3, 0.4) is 0 Å². The Morgan fingerprint density at radius 3 is 2.35 bits per heavy atom. The molecule has 0 bridgehead atoms. The van der Waals surface area contributed by atoms with Gasteiger partial charge in [0.05, 0.1) is 6.10 Å². The molecule has 2 nitrogen and oxygen atoms in total. The molecule has 1 atom stereocenters. The van der Waals surface area contributed by atoms with Gasteiger partial charge in [0, 0.05) is 5.56 Å². The van der Waals surface area contributed by atoms with E-state index < -0.39 is 6.10 Å². The van der Waals surface area contributed by atoms with Gasteiger partial charge in [0.1, 0.15) is 12.4 Å². The summed E-state index contributed by atoms with van der Waals surface area (Å²) >= 11 is 0. The lowest BCUT2D eigenvalue weighted by molar-refractivity contribution is 0.190. The van der Waals surface area contributed by atoms with Crippen LogP contribution < -0.4 is 4.74 Å². The monoisotopic (exact) mass is 270 g/mol. The summed E-state index contributed by atoms with van der Waals surface area (Å²) < 4.78 is 5.94. The van der Waals surface area contributed by atoms with Crippen molar-refractivity contribution >= 4 is 0 Å². The highest BCUT2D eigenvalue weighted by Gasteiger charge is 2.10. The quantitative estimate of drug-likeness (QED) is 0.900. The fourth-order valence-electron chi connectivity index (χ4n) is 2.22. The fourth-order valence-corrected chi connectivity index (χ4v) is 2.22. The third-order valence-corrected chi connectivity index (χ3v) is 3.51. The topological polar surface area (TPSA) is 29.5 Å². The van der Waals surface area contributed by atoms with Crippen molar-refractivity contribution in [3.63, 3.8) is 0 Å². The number of aliphatic hydroxyl groups is 1. The second-order valence-corrected chi connectivity index (χ2v) is 5.44. The number of aliphatic hydroxyl groups excluding tert-OH is 1. The predicted octanol–water partition coefficient (Wildman–Crippen LogP) is 4.24. The smallest absolute Gasteiger partial charge is 0.125 e. The number of ether oxygens (including phenoxy) is 1. The maximum absolute atomic E-state index is 9.81. The zero-order valence-electron chi connectivity index (χ0n) is 12.6. The molecule has 0 amide bonds. The van der Waals surface area contributed by atoms with Crippen molar-refractivity contribution in [1.82, 2.24) is 0 Å². The Balaban J connectivity index is 2.22. The lowest BCUT2D eigenvalue weighted by Gasteiger charge is -2.15. The second kappa shape index (κ2) is 6.10. The Morgan fingerprint density at radius 1 is 1.00 bits per heavy atom. The Bertz CT molecular complexity index is 600. The summed E-state index contributed by atoms with van der Waals surface area (Å²) in [5.74, 6) is 0.765. The molecule has 0 unspecified atom stereocenters. The zero-order chi connectivity index (χ0) is 14.7. The number of benzene rings is 2. The van der Waals surface area contributed by atoms with Crippen LogP contribution in [0.2, 0.25) is 0 Å². The first-order chi connectivity index (χ1) is 9.47. The molecule has 1 N–H and O–H groups in total. The van der Waals surface area contributed by atoms with E-state index in [-0.39, 0.29) is 0 Å². The van der Waals surface area contributed by atoms with Gasteiger partial charge in [-0.15, -0.1) is 0 Å². The second-order valence-electron chi connectivity index (χ2n) is 5.44. The summed E-state index contributed by atoms with van der Waals surface area (Å²) in [4.78, 5) is 0. The molecule has 0 spiro atoms. The molecule has 2 heteroatoms. The average Bonchev–Trinajstić information content (AvgIpc) is 2.39. The van der Waals surface area contributed by atoms with Crippen LogP contribution in [0.5, 0.6) is 5.75 Å². The van der Waals surface area contributed by atoms with Crippen LogP contribution in [0.4, 0.5) is 0 Å². The molecule has 0 aliphatic rings. The summed E-state index contributed by atoms with van der Waals surface area (Å²) in [6, 6.07) is 12.3. The Labute approximate surface area is 121 Å². The molecule has 2 aromatic rings. The minimum atomic E-state index is -0.524. The molecule has 0 saturated heterocycles. The van der Waals surface area contributed by atoms with Crippen LogP contribution in [-0.2, 0) is 6.61 Å². The van der Waals surface area contributed by atoms with Gasteiger partial charge >= 0.3 is 0 Å². The van der Waals surface area contributed by atoms with Gasteiger partial charge < -0.3 is 9.84 Å². The first kappa shape index (κ1) is 14.6. The van der Waals surface area contributed by atoms with Crippen molar-refractivity contribution in [1.29, 1.82) is 0 Å². The summed E-state index contributed by atoms with van der Waals surface area (Å²) in [6.07, 6.45) is -0.524. The fraction of sp³-hybridized carbons (Fsp3) is 0.333. The molecule has 0 radical (unpaired) electrons. The highest BCUT2D eigenvalue weighted by Crippen LogP contribution is 2.27. The lowest BCUT2D eigenvalue weighted by Crippen LogP contribution is -2.03. The van der Waals surface area contributed by atoms with E-state index in [0.717, 1.165) is 16.9 Å². The number of hydrogen-bond donors (Lipinski definition) is 1. The normalized spacial score (nSPS) is 12.2. The Kier molecular flexibility index (Phi) is 4.46. The van der Waals surface area contributed by atoms with Crippen molar-refractivity contribution < 1.29 is 9.84 Å². The first-order valence-electron chi connectivity index (χ1n) is 6.95. The highest BCUT2D eigenvalue weighted by molar-refractivity contribution is 5.39. The van der Waals surface area contributed by atoms with E-state index in [1.807, 2.05) is 25.1 Å². The van der Waals surface area contributed by atoms with Gasteiger partial charge in [-0.05, 0) is 50.5 Å². The molecular formula is C18H22O2. The van der Waals surface area contributed by atoms with Gasteiger partial charge in [-0.2, -0.15) is 0 Å². The van der Waals surface area contributed by atoms with Crippen molar-refractivity contribution in [2.24, 2.45) is 0 Å². The van der Waals surface area contributed by atoms with Gasteiger partial charge in [-0.25, -0.2) is 0 Å². The number of rotatable bonds is 4. The molecule has 0 heterocycles. The molecule has 106 valence electrons. The first-order valence-corrected chi connectivity index (χ1v) is 6.95. The molecule has 0 aliphatic carbocycles. The molecule has 0 aromatic heterocycles. The summed E-state index contributed by atoms with van der Waals surface area (Å²) in [6.45, 7) is 8.48. The number of aryl methyl sites for hydroxylation is 3. The summed E-state index contributed by atoms with van der Waals surface area (Å²) in [5, 5.41) is 9.81. The third kappa shape index (κ3) is 3.40. The summed E-state index contributed by atoms with van der Waals surface area (Å²) in [7, 11) is 0. The van der Waals surface area contributed by atoms with Crippen molar-refractivity contribution in [3.8, 4) is 5.75 Å². The van der Waals surface area contributed by atoms with Crippen LogP contribution in [-0.4, -0.2) is 5.11 Å². The molecule has 2 rings (SSSR count). The minimum absolute atomic E-state index is 0.524. The molecule has 0 aliphatic heterocycles. The zero-order valence-corrected chi connectivity index (χ0v) is 12.6. The maximum Gasteiger partial charge on any atom is 0.125 e. The molecule has 20 heavy (non-hydrogen) atoms. The van der Waals surface area contributed by atoms with E-state index in [2.05, 4.69) is 32.0 Å². The van der Waals surface area contributed by atoms with E-state index >= 15 is 0 Å². The van der Waals surface area contributed by atoms with Crippen molar-refractivity contribution in [2.45, 2.75) is 40.4 Å². The van der Waals surface area contributed by atoms with Gasteiger partial charge in [0.15, 0.2) is 0 Å². The standard InChI is InChI=1S/C18H22O2/c1-12-5-7-14(3)16(9-12)11-20-18-10-13(2)6-8-17(18)15(4)19/h5-10,15,19H,11H2,1-4H3/t15-/m1/s1. The van der Waals surface area contributed by atoms with Crippen LogP contribution in [0.15, 0.2) is 36.4 Å². The lowest BCUT2D eigenvalue weighted by atomic mass is 10.1. The van der Waals surface area contributed by atoms with Gasteiger partial charge in [0.2, 0.25) is 0 Å². The van der Waals surface area contributed by atoms with Crippen molar-refractivity contribution in [2.75, 3.05) is 0 Å². The van der Waals surface area contributed by atoms with E-state index in [1.54, 1.807) is 6.92 Å². The van der Waals surface area contributed by atoms with Crippen LogP contribution in [0.25, 0.3) is 0 Å². The molecule has 0 fully saturated rings. The highest BCUT2D eigenvalue weighted by atomic mass is 16.5. The van der Waals surface area contributed by atoms with E-state index in [1.165, 1.54) is 16.7 Å². The van der Waals surface area contributed by atoms with E-state index in [4.69, 9.17) is 4.74 Å². The van der Waals surface area contributed by atoms with E-state index in [9.17, 15) is 5.11 Å².